The van der Waals surface area contributed by atoms with E-state index in [2.05, 4.69) is 24.8 Å². The molecule has 3 heterocycles. The van der Waals surface area contributed by atoms with Crippen LogP contribution in [0.4, 0.5) is 5.95 Å². The van der Waals surface area contributed by atoms with Crippen molar-refractivity contribution in [3.63, 3.8) is 0 Å². The van der Waals surface area contributed by atoms with Gasteiger partial charge >= 0.3 is 0 Å². The van der Waals surface area contributed by atoms with Gasteiger partial charge in [0.25, 0.3) is 0 Å². The minimum absolute atomic E-state index is 0.147. The summed E-state index contributed by atoms with van der Waals surface area (Å²) in [6, 6.07) is 3.62. The molecular formula is C19H21ClN6O. The van der Waals surface area contributed by atoms with Gasteiger partial charge in [0.1, 0.15) is 6.07 Å². The molecule has 0 spiro atoms. The normalized spacial score (nSPS) is 22.3. The summed E-state index contributed by atoms with van der Waals surface area (Å²) >= 11 is 5.86. The molecule has 2 aliphatic rings. The predicted molar refractivity (Wildman–Crippen MR) is 100 cm³/mol. The molecule has 27 heavy (non-hydrogen) atoms. The highest BCUT2D eigenvalue weighted by Crippen LogP contribution is 2.49. The number of halogens is 1. The lowest BCUT2D eigenvalue weighted by atomic mass is 9.90. The van der Waals surface area contributed by atoms with Crippen LogP contribution in [0, 0.1) is 29.1 Å². The van der Waals surface area contributed by atoms with E-state index in [0.29, 0.717) is 17.5 Å². The zero-order chi connectivity index (χ0) is 18.6. The first-order valence-electron chi connectivity index (χ1n) is 9.31. The molecule has 2 unspecified atom stereocenters. The predicted octanol–water partition coefficient (Wildman–Crippen LogP) is 3.11. The Morgan fingerprint density at radius 1 is 1.22 bits per heavy atom. The Morgan fingerprint density at radius 2 is 2.00 bits per heavy atom. The molecule has 7 nitrogen and oxygen atoms in total. The van der Waals surface area contributed by atoms with Gasteiger partial charge in [0, 0.05) is 25.4 Å². The second-order valence-corrected chi connectivity index (χ2v) is 7.59. The van der Waals surface area contributed by atoms with Crippen molar-refractivity contribution < 1.29 is 4.74 Å². The summed E-state index contributed by atoms with van der Waals surface area (Å²) in [5.74, 6) is 3.73. The highest BCUT2D eigenvalue weighted by Gasteiger charge is 2.43. The first kappa shape index (κ1) is 17.9. The van der Waals surface area contributed by atoms with Crippen LogP contribution in [0.15, 0.2) is 24.7 Å². The van der Waals surface area contributed by atoms with E-state index in [1.54, 1.807) is 24.7 Å². The molecule has 0 aromatic carbocycles. The Morgan fingerprint density at radius 3 is 2.74 bits per heavy atom. The van der Waals surface area contributed by atoms with Gasteiger partial charge in [0.05, 0.1) is 24.0 Å². The maximum absolute atomic E-state index is 8.82. The van der Waals surface area contributed by atoms with Crippen molar-refractivity contribution in [2.45, 2.75) is 25.7 Å². The summed E-state index contributed by atoms with van der Waals surface area (Å²) < 4.78 is 5.68. The van der Waals surface area contributed by atoms with Gasteiger partial charge in [0.15, 0.2) is 0 Å². The molecule has 8 heteroatoms. The van der Waals surface area contributed by atoms with Gasteiger partial charge in [-0.25, -0.2) is 15.0 Å². The Bertz CT molecular complexity index is 816. The average molecular weight is 385 g/mol. The molecule has 2 aromatic rings. The van der Waals surface area contributed by atoms with Crippen molar-refractivity contribution in [1.29, 1.82) is 5.26 Å². The topological polar surface area (TPSA) is 87.8 Å². The Balaban J connectivity index is 1.19. The lowest BCUT2D eigenvalue weighted by molar-refractivity contribution is 0.275. The van der Waals surface area contributed by atoms with Gasteiger partial charge in [-0.05, 0) is 43.4 Å². The van der Waals surface area contributed by atoms with Gasteiger partial charge in [-0.3, -0.25) is 0 Å². The minimum Gasteiger partial charge on any atom is -0.478 e. The fraction of sp³-hybridized carbons (Fsp3) is 0.526. The summed E-state index contributed by atoms with van der Waals surface area (Å²) in [7, 11) is 0. The molecule has 0 radical (unpaired) electrons. The smallest absolute Gasteiger partial charge is 0.235 e. The quantitative estimate of drug-likeness (QED) is 0.755. The zero-order valence-electron chi connectivity index (χ0n) is 15.0. The monoisotopic (exact) mass is 384 g/mol. The third-order valence-corrected chi connectivity index (χ3v) is 5.68. The molecule has 0 bridgehead atoms. The summed E-state index contributed by atoms with van der Waals surface area (Å²) in [4.78, 5) is 18.8. The van der Waals surface area contributed by atoms with E-state index in [1.807, 2.05) is 6.07 Å². The third-order valence-electron chi connectivity index (χ3n) is 5.48. The molecule has 1 saturated carbocycles. The fourth-order valence-electron chi connectivity index (χ4n) is 3.97. The number of aromatic nitrogens is 4. The van der Waals surface area contributed by atoms with Crippen LogP contribution in [0.25, 0.3) is 0 Å². The number of rotatable bonds is 6. The van der Waals surface area contributed by atoms with Crippen LogP contribution in [-0.4, -0.2) is 39.6 Å². The van der Waals surface area contributed by atoms with E-state index < -0.39 is 0 Å². The number of hydrogen-bond acceptors (Lipinski definition) is 7. The lowest BCUT2D eigenvalue weighted by Gasteiger charge is -2.32. The van der Waals surface area contributed by atoms with Crippen molar-refractivity contribution in [3.05, 3.63) is 35.5 Å². The SMILES string of the molecule is N#Cc1nccc(OCCC2CC2C2CCN(c3ncc(Cl)cn3)CC2)n1. The summed E-state index contributed by atoms with van der Waals surface area (Å²) in [5.41, 5.74) is 0. The molecule has 1 saturated heterocycles. The van der Waals surface area contributed by atoms with Crippen LogP contribution in [-0.2, 0) is 0 Å². The van der Waals surface area contributed by atoms with Crippen LogP contribution < -0.4 is 9.64 Å². The van der Waals surface area contributed by atoms with E-state index in [0.717, 1.165) is 43.2 Å². The van der Waals surface area contributed by atoms with Gasteiger partial charge in [0.2, 0.25) is 17.7 Å². The van der Waals surface area contributed by atoms with Crippen LogP contribution in [0.5, 0.6) is 5.88 Å². The van der Waals surface area contributed by atoms with Crippen molar-refractivity contribution in [2.75, 3.05) is 24.6 Å². The van der Waals surface area contributed by atoms with Crippen molar-refractivity contribution in [2.24, 2.45) is 17.8 Å². The third kappa shape index (κ3) is 4.45. The number of nitriles is 1. The molecule has 0 N–H and O–H groups in total. The van der Waals surface area contributed by atoms with Crippen molar-refractivity contribution in [3.8, 4) is 11.9 Å². The molecule has 1 aliphatic carbocycles. The summed E-state index contributed by atoms with van der Waals surface area (Å²) in [5, 5.41) is 9.39. The van der Waals surface area contributed by atoms with Gasteiger partial charge in [-0.15, -0.1) is 0 Å². The van der Waals surface area contributed by atoms with E-state index >= 15 is 0 Å². The molecular weight excluding hydrogens is 364 g/mol. The molecule has 2 aromatic heterocycles. The summed E-state index contributed by atoms with van der Waals surface area (Å²) in [6.45, 7) is 2.65. The lowest BCUT2D eigenvalue weighted by Crippen LogP contribution is -2.35. The standard InChI is InChI=1S/C19H21ClN6O/c20-15-11-23-19(24-12-15)26-6-2-13(3-7-26)16-9-14(16)4-8-27-18-1-5-22-17(10-21)25-18/h1,5,11-14,16H,2-4,6-9H2. The Kier molecular flexibility index (Phi) is 5.35. The van der Waals surface area contributed by atoms with Crippen LogP contribution in [0.3, 0.4) is 0 Å². The molecule has 2 fully saturated rings. The maximum atomic E-state index is 8.82. The van der Waals surface area contributed by atoms with Crippen molar-refractivity contribution >= 4 is 17.5 Å². The Hall–Kier alpha value is -2.46. The van der Waals surface area contributed by atoms with E-state index in [4.69, 9.17) is 21.6 Å². The highest BCUT2D eigenvalue weighted by atomic mass is 35.5. The van der Waals surface area contributed by atoms with Crippen LogP contribution in [0.1, 0.15) is 31.5 Å². The van der Waals surface area contributed by atoms with Gasteiger partial charge in [-0.2, -0.15) is 10.2 Å². The zero-order valence-corrected chi connectivity index (χ0v) is 15.7. The molecule has 1 aliphatic heterocycles. The Labute approximate surface area is 163 Å². The number of hydrogen-bond donors (Lipinski definition) is 0. The number of nitrogens with zero attached hydrogens (tertiary/aromatic N) is 6. The van der Waals surface area contributed by atoms with Gasteiger partial charge in [-0.1, -0.05) is 11.6 Å². The number of ether oxygens (including phenoxy) is 1. The first-order valence-corrected chi connectivity index (χ1v) is 9.69. The largest absolute Gasteiger partial charge is 0.478 e. The summed E-state index contributed by atoms with van der Waals surface area (Å²) in [6.07, 6.45) is 9.57. The van der Waals surface area contributed by atoms with Crippen LogP contribution in [0.2, 0.25) is 5.02 Å². The van der Waals surface area contributed by atoms with E-state index in [1.165, 1.54) is 19.3 Å². The first-order chi connectivity index (χ1) is 13.2. The second-order valence-electron chi connectivity index (χ2n) is 7.15. The molecule has 140 valence electrons. The van der Waals surface area contributed by atoms with Gasteiger partial charge < -0.3 is 9.64 Å². The molecule has 0 amide bonds. The fourth-order valence-corrected chi connectivity index (χ4v) is 4.07. The maximum Gasteiger partial charge on any atom is 0.235 e. The van der Waals surface area contributed by atoms with Crippen molar-refractivity contribution in [1.82, 2.24) is 19.9 Å². The van der Waals surface area contributed by atoms with E-state index in [9.17, 15) is 0 Å². The second kappa shape index (κ2) is 8.05. The number of anilines is 1. The highest BCUT2D eigenvalue weighted by molar-refractivity contribution is 6.30. The molecule has 4 rings (SSSR count). The number of piperidine rings is 1. The van der Waals surface area contributed by atoms with E-state index in [-0.39, 0.29) is 5.82 Å². The average Bonchev–Trinajstić information content (AvgIpc) is 3.48. The molecule has 2 atom stereocenters. The minimum atomic E-state index is 0.147. The van der Waals surface area contributed by atoms with Crippen LogP contribution >= 0.6 is 11.6 Å².